The summed E-state index contributed by atoms with van der Waals surface area (Å²) in [5, 5.41) is 10.7. The lowest BCUT2D eigenvalue weighted by Crippen LogP contribution is -2.39. The molecule has 9 heteroatoms. The molecular weight excluding hydrogens is 282 g/mol. The molecular formula is C12H15N3O6. The number of rotatable bonds is 6. The highest BCUT2D eigenvalue weighted by Crippen LogP contribution is 2.10. The second-order valence-electron chi connectivity index (χ2n) is 4.16. The first-order chi connectivity index (χ1) is 9.90. The third-order valence-corrected chi connectivity index (χ3v) is 2.66. The monoisotopic (exact) mass is 297 g/mol. The molecule has 9 nitrogen and oxygen atoms in total. The number of methoxy groups -OCH3 is 1. The predicted molar refractivity (Wildman–Crippen MR) is 71.9 cm³/mol. The molecule has 1 amide bonds. The van der Waals surface area contributed by atoms with Gasteiger partial charge in [0.15, 0.2) is 0 Å². The van der Waals surface area contributed by atoms with Gasteiger partial charge >= 0.3 is 5.97 Å². The summed E-state index contributed by atoms with van der Waals surface area (Å²) in [7, 11) is 1.18. The number of hydrogen-bond acceptors (Lipinski definition) is 6. The Bertz CT molecular complexity index is 609. The lowest BCUT2D eigenvalue weighted by Gasteiger charge is -2.20. The number of carbonyl (C=O) groups excluding carboxylic acids is 2. The molecule has 0 fully saturated rings. The average Bonchev–Trinajstić information content (AvgIpc) is 2.46. The maximum absolute atomic E-state index is 12.3. The van der Waals surface area contributed by atoms with Crippen LogP contribution < -0.4 is 5.56 Å². The molecule has 0 aliphatic rings. The van der Waals surface area contributed by atoms with E-state index in [0.717, 1.165) is 17.2 Å². The molecule has 0 bridgehead atoms. The molecule has 1 aromatic heterocycles. The zero-order chi connectivity index (χ0) is 16.0. The van der Waals surface area contributed by atoms with Gasteiger partial charge in [0.05, 0.1) is 18.2 Å². The number of H-pyrrole nitrogens is 1. The number of nitro groups is 1. The molecule has 21 heavy (non-hydrogen) atoms. The van der Waals surface area contributed by atoms with Crippen molar-refractivity contribution < 1.29 is 19.2 Å². The van der Waals surface area contributed by atoms with Crippen LogP contribution in [-0.4, -0.2) is 46.9 Å². The van der Waals surface area contributed by atoms with E-state index in [4.69, 9.17) is 0 Å². The highest BCUT2D eigenvalue weighted by molar-refractivity contribution is 5.96. The number of nitrogens with one attached hydrogen (secondary N) is 1. The molecule has 1 N–H and O–H groups in total. The number of carbonyl (C=O) groups is 2. The van der Waals surface area contributed by atoms with Crippen LogP contribution in [0, 0.1) is 10.1 Å². The molecule has 0 atom stereocenters. The lowest BCUT2D eigenvalue weighted by atomic mass is 10.2. The minimum Gasteiger partial charge on any atom is -0.468 e. The third-order valence-electron chi connectivity index (χ3n) is 2.66. The minimum atomic E-state index is -0.757. The van der Waals surface area contributed by atoms with Crippen molar-refractivity contribution in [1.29, 1.82) is 0 Å². The molecule has 114 valence electrons. The number of ether oxygens (including phenoxy) is 1. The van der Waals surface area contributed by atoms with Crippen molar-refractivity contribution in [3.8, 4) is 0 Å². The number of nitrogens with zero attached hydrogens (tertiary/aromatic N) is 2. The molecule has 0 saturated carbocycles. The number of amides is 1. The molecule has 1 aromatic rings. The summed E-state index contributed by atoms with van der Waals surface area (Å²) in [5.41, 5.74) is -1.55. The number of hydrogen-bond donors (Lipinski definition) is 1. The maximum atomic E-state index is 12.3. The van der Waals surface area contributed by atoms with E-state index in [1.165, 1.54) is 7.11 Å². The van der Waals surface area contributed by atoms with Crippen LogP contribution in [0.25, 0.3) is 0 Å². The average molecular weight is 297 g/mol. The summed E-state index contributed by atoms with van der Waals surface area (Å²) in [6.07, 6.45) is 1.46. The highest BCUT2D eigenvalue weighted by atomic mass is 16.6. The van der Waals surface area contributed by atoms with E-state index >= 15 is 0 Å². The van der Waals surface area contributed by atoms with Crippen molar-refractivity contribution in [2.75, 3.05) is 20.2 Å². The molecule has 0 aromatic carbocycles. The Labute approximate surface area is 119 Å². The fourth-order valence-electron chi connectivity index (χ4n) is 1.65. The Morgan fingerprint density at radius 1 is 1.48 bits per heavy atom. The summed E-state index contributed by atoms with van der Waals surface area (Å²) in [6, 6.07) is 0.890. The summed E-state index contributed by atoms with van der Waals surface area (Å²) in [6.45, 7) is 1.68. The van der Waals surface area contributed by atoms with Crippen LogP contribution in [0.3, 0.4) is 0 Å². The molecule has 1 rings (SSSR count). The molecule has 1 heterocycles. The molecule has 0 aliphatic heterocycles. The van der Waals surface area contributed by atoms with Crippen LogP contribution in [0.15, 0.2) is 17.1 Å². The molecule has 0 saturated heterocycles. The van der Waals surface area contributed by atoms with Crippen molar-refractivity contribution in [2.24, 2.45) is 0 Å². The summed E-state index contributed by atoms with van der Waals surface area (Å²) >= 11 is 0. The van der Waals surface area contributed by atoms with Crippen LogP contribution in [0.1, 0.15) is 23.7 Å². The third kappa shape index (κ3) is 4.13. The van der Waals surface area contributed by atoms with Gasteiger partial charge in [-0.15, -0.1) is 0 Å². The van der Waals surface area contributed by atoms with Crippen LogP contribution in [0.2, 0.25) is 0 Å². The topological polar surface area (TPSA) is 123 Å². The smallest absolute Gasteiger partial charge is 0.325 e. The molecule has 0 spiro atoms. The van der Waals surface area contributed by atoms with Crippen molar-refractivity contribution in [1.82, 2.24) is 9.88 Å². The maximum Gasteiger partial charge on any atom is 0.325 e. The second-order valence-corrected chi connectivity index (χ2v) is 4.16. The van der Waals surface area contributed by atoms with Gasteiger partial charge in [-0.25, -0.2) is 0 Å². The van der Waals surface area contributed by atoms with Gasteiger partial charge in [-0.2, -0.15) is 0 Å². The fraction of sp³-hybridized carbons (Fsp3) is 0.417. The molecule has 0 aliphatic carbocycles. The van der Waals surface area contributed by atoms with Crippen molar-refractivity contribution >= 4 is 17.6 Å². The van der Waals surface area contributed by atoms with Crippen molar-refractivity contribution in [2.45, 2.75) is 13.3 Å². The minimum absolute atomic E-state index is 0.218. The van der Waals surface area contributed by atoms with Gasteiger partial charge in [0.25, 0.3) is 17.2 Å². The first-order valence-corrected chi connectivity index (χ1v) is 6.13. The Balaban J connectivity index is 3.13. The number of aromatic nitrogens is 1. The van der Waals surface area contributed by atoms with E-state index < -0.39 is 28.0 Å². The van der Waals surface area contributed by atoms with Crippen LogP contribution in [0.5, 0.6) is 0 Å². The largest absolute Gasteiger partial charge is 0.468 e. The van der Waals surface area contributed by atoms with E-state index in [-0.39, 0.29) is 18.7 Å². The quantitative estimate of drug-likeness (QED) is 0.458. The van der Waals surface area contributed by atoms with Gasteiger partial charge in [-0.1, -0.05) is 6.92 Å². The Morgan fingerprint density at radius 3 is 2.67 bits per heavy atom. The number of pyridine rings is 1. The van der Waals surface area contributed by atoms with Gasteiger partial charge in [0, 0.05) is 12.6 Å². The Morgan fingerprint density at radius 2 is 2.14 bits per heavy atom. The zero-order valence-corrected chi connectivity index (χ0v) is 11.6. The summed E-state index contributed by atoms with van der Waals surface area (Å²) in [5.74, 6) is -1.40. The van der Waals surface area contributed by atoms with Gasteiger partial charge in [0.2, 0.25) is 0 Å². The van der Waals surface area contributed by atoms with E-state index in [2.05, 4.69) is 9.72 Å². The van der Waals surface area contributed by atoms with Gasteiger partial charge in [-0.05, 0) is 6.42 Å². The van der Waals surface area contributed by atoms with E-state index in [0.29, 0.717) is 6.42 Å². The van der Waals surface area contributed by atoms with E-state index in [9.17, 15) is 24.5 Å². The van der Waals surface area contributed by atoms with Gasteiger partial charge in [0.1, 0.15) is 12.1 Å². The zero-order valence-electron chi connectivity index (χ0n) is 11.6. The van der Waals surface area contributed by atoms with Gasteiger partial charge < -0.3 is 14.6 Å². The van der Waals surface area contributed by atoms with Crippen LogP contribution >= 0.6 is 0 Å². The van der Waals surface area contributed by atoms with Crippen LogP contribution in [0.4, 0.5) is 5.69 Å². The van der Waals surface area contributed by atoms with E-state index in [1.54, 1.807) is 6.92 Å². The Hall–Kier alpha value is -2.71. The van der Waals surface area contributed by atoms with Gasteiger partial charge in [-0.3, -0.25) is 24.5 Å². The first-order valence-electron chi connectivity index (χ1n) is 6.13. The SMILES string of the molecule is CCCN(CC(=O)OC)C(=O)c1cc([N+](=O)[O-])c[nH]c1=O. The second kappa shape index (κ2) is 7.17. The number of aromatic amines is 1. The normalized spacial score (nSPS) is 10.0. The predicted octanol–water partition coefficient (Wildman–Crippen LogP) is 0.308. The Kier molecular flexibility index (Phi) is 5.58. The van der Waals surface area contributed by atoms with Crippen LogP contribution in [-0.2, 0) is 9.53 Å². The van der Waals surface area contributed by atoms with Crippen molar-refractivity contribution in [3.63, 3.8) is 0 Å². The lowest BCUT2D eigenvalue weighted by molar-refractivity contribution is -0.385. The fourth-order valence-corrected chi connectivity index (χ4v) is 1.65. The van der Waals surface area contributed by atoms with E-state index in [1.807, 2.05) is 0 Å². The highest BCUT2D eigenvalue weighted by Gasteiger charge is 2.23. The summed E-state index contributed by atoms with van der Waals surface area (Å²) in [4.78, 5) is 48.4. The first kappa shape index (κ1) is 16.3. The standard InChI is InChI=1S/C12H15N3O6/c1-3-4-14(7-10(16)21-2)12(18)9-5-8(15(19)20)6-13-11(9)17/h5-6H,3-4,7H2,1-2H3,(H,13,17). The molecule has 0 unspecified atom stereocenters. The summed E-state index contributed by atoms with van der Waals surface area (Å²) < 4.78 is 4.48. The number of esters is 1. The molecule has 0 radical (unpaired) electrons. The van der Waals surface area contributed by atoms with Crippen molar-refractivity contribution in [3.05, 3.63) is 38.3 Å².